The number of halogens is 1. The smallest absolute Gasteiger partial charge is 0.125 e. The zero-order valence-corrected chi connectivity index (χ0v) is 12.4. The molecule has 0 spiro atoms. The molecule has 0 radical (unpaired) electrons. The predicted octanol–water partition coefficient (Wildman–Crippen LogP) is 4.80. The normalized spacial score (nSPS) is 26.0. The number of benzene rings is 1. The maximum atomic E-state index is 13.5. The maximum Gasteiger partial charge on any atom is 0.125 e. The van der Waals surface area contributed by atoms with Crippen LogP contribution in [0.3, 0.4) is 0 Å². The fourth-order valence-corrected chi connectivity index (χ4v) is 3.22. The molecule has 0 aromatic heterocycles. The first-order chi connectivity index (χ1) is 9.57. The van der Waals surface area contributed by atoms with Gasteiger partial charge in [-0.15, -0.1) is 0 Å². The number of hydrogen-bond donors (Lipinski definition) is 1. The summed E-state index contributed by atoms with van der Waals surface area (Å²) < 4.78 is 13.5. The summed E-state index contributed by atoms with van der Waals surface area (Å²) in [5, 5.41) is 12.8. The molecule has 3 heteroatoms. The van der Waals surface area contributed by atoms with Crippen LogP contribution in [-0.2, 0) is 0 Å². The summed E-state index contributed by atoms with van der Waals surface area (Å²) in [6, 6.07) is 7.32. The Morgan fingerprint density at radius 3 is 2.60 bits per heavy atom. The Bertz CT molecular complexity index is 476. The number of nitriles is 1. The lowest BCUT2D eigenvalue weighted by Crippen LogP contribution is -2.40. The van der Waals surface area contributed by atoms with E-state index < -0.39 is 5.54 Å². The van der Waals surface area contributed by atoms with Crippen LogP contribution in [0.1, 0.15) is 51.0 Å². The monoisotopic (exact) mass is 274 g/mol. The van der Waals surface area contributed by atoms with E-state index in [1.165, 1.54) is 25.0 Å². The number of rotatable bonds is 4. The highest BCUT2D eigenvalue weighted by molar-refractivity contribution is 5.50. The molecule has 1 aromatic rings. The van der Waals surface area contributed by atoms with Crippen molar-refractivity contribution in [3.8, 4) is 6.07 Å². The second kappa shape index (κ2) is 6.26. The first kappa shape index (κ1) is 14.8. The minimum atomic E-state index is -0.523. The fraction of sp³-hybridized carbons (Fsp3) is 0.588. The second-order valence-electron chi connectivity index (χ2n) is 6.07. The highest BCUT2D eigenvalue weighted by atomic mass is 19.1. The van der Waals surface area contributed by atoms with Crippen molar-refractivity contribution in [3.63, 3.8) is 0 Å². The molecule has 2 rings (SSSR count). The van der Waals surface area contributed by atoms with Gasteiger partial charge in [0.25, 0.3) is 0 Å². The molecule has 108 valence electrons. The molecule has 1 aliphatic carbocycles. The molecule has 1 saturated carbocycles. The zero-order chi connectivity index (χ0) is 14.6. The molecule has 0 atom stereocenters. The van der Waals surface area contributed by atoms with E-state index >= 15 is 0 Å². The summed E-state index contributed by atoms with van der Waals surface area (Å²) in [5.41, 5.74) is 1.07. The van der Waals surface area contributed by atoms with E-state index in [-0.39, 0.29) is 5.82 Å². The fourth-order valence-electron chi connectivity index (χ4n) is 3.22. The molecular weight excluding hydrogens is 251 g/mol. The van der Waals surface area contributed by atoms with Gasteiger partial charge in [0, 0.05) is 5.69 Å². The third-order valence-electron chi connectivity index (χ3n) is 4.30. The SMILES string of the molecule is CCCC1CCC(C#N)(Nc2cc(C)cc(F)c2)CC1. The topological polar surface area (TPSA) is 35.8 Å². The lowest BCUT2D eigenvalue weighted by atomic mass is 9.75. The molecule has 20 heavy (non-hydrogen) atoms. The molecule has 1 fully saturated rings. The van der Waals surface area contributed by atoms with E-state index in [1.54, 1.807) is 0 Å². The molecule has 0 aliphatic heterocycles. The van der Waals surface area contributed by atoms with Gasteiger partial charge in [0.2, 0.25) is 0 Å². The largest absolute Gasteiger partial charge is 0.367 e. The van der Waals surface area contributed by atoms with Gasteiger partial charge >= 0.3 is 0 Å². The summed E-state index contributed by atoms with van der Waals surface area (Å²) >= 11 is 0. The van der Waals surface area contributed by atoms with Crippen molar-refractivity contribution in [2.45, 2.75) is 57.9 Å². The average molecular weight is 274 g/mol. The molecule has 2 nitrogen and oxygen atoms in total. The number of aryl methyl sites for hydroxylation is 1. The highest BCUT2D eigenvalue weighted by Crippen LogP contribution is 2.36. The third-order valence-corrected chi connectivity index (χ3v) is 4.30. The van der Waals surface area contributed by atoms with Gasteiger partial charge in [0.15, 0.2) is 0 Å². The molecule has 1 aliphatic rings. The van der Waals surface area contributed by atoms with Crippen molar-refractivity contribution in [2.24, 2.45) is 5.92 Å². The Morgan fingerprint density at radius 1 is 1.35 bits per heavy atom. The Labute approximate surface area is 121 Å². The van der Waals surface area contributed by atoms with Gasteiger partial charge < -0.3 is 5.32 Å². The van der Waals surface area contributed by atoms with Gasteiger partial charge in [-0.3, -0.25) is 0 Å². The molecule has 0 heterocycles. The Morgan fingerprint density at radius 2 is 2.05 bits per heavy atom. The van der Waals surface area contributed by atoms with E-state index in [2.05, 4.69) is 18.3 Å². The summed E-state index contributed by atoms with van der Waals surface area (Å²) in [7, 11) is 0. The van der Waals surface area contributed by atoms with Gasteiger partial charge in [-0.05, 0) is 62.3 Å². The standard InChI is InChI=1S/C17H23FN2/c1-3-4-14-5-7-17(12-19,8-6-14)20-16-10-13(2)9-15(18)11-16/h9-11,14,20H,3-8H2,1-2H3. The number of anilines is 1. The quantitative estimate of drug-likeness (QED) is 0.856. The minimum absolute atomic E-state index is 0.250. The first-order valence-corrected chi connectivity index (χ1v) is 7.53. The number of nitrogens with zero attached hydrogens (tertiary/aromatic N) is 1. The van der Waals surface area contributed by atoms with Crippen molar-refractivity contribution < 1.29 is 4.39 Å². The van der Waals surface area contributed by atoms with Crippen LogP contribution in [0.2, 0.25) is 0 Å². The van der Waals surface area contributed by atoms with E-state index in [4.69, 9.17) is 0 Å². The maximum absolute atomic E-state index is 13.5. The van der Waals surface area contributed by atoms with Crippen LogP contribution < -0.4 is 5.32 Å². The van der Waals surface area contributed by atoms with Gasteiger partial charge in [0.05, 0.1) is 6.07 Å². The molecule has 1 N–H and O–H groups in total. The molecule has 0 amide bonds. The predicted molar refractivity (Wildman–Crippen MR) is 80.0 cm³/mol. The van der Waals surface area contributed by atoms with E-state index in [0.29, 0.717) is 0 Å². The summed E-state index contributed by atoms with van der Waals surface area (Å²) in [4.78, 5) is 0. The van der Waals surface area contributed by atoms with Crippen LogP contribution in [0.15, 0.2) is 18.2 Å². The van der Waals surface area contributed by atoms with Crippen molar-refractivity contribution in [1.29, 1.82) is 5.26 Å². The first-order valence-electron chi connectivity index (χ1n) is 7.53. The van der Waals surface area contributed by atoms with Crippen LogP contribution in [0.25, 0.3) is 0 Å². The third kappa shape index (κ3) is 3.50. The van der Waals surface area contributed by atoms with Gasteiger partial charge in [-0.1, -0.05) is 19.8 Å². The van der Waals surface area contributed by atoms with Crippen molar-refractivity contribution >= 4 is 5.69 Å². The molecule has 1 aromatic carbocycles. The number of nitrogens with one attached hydrogen (secondary N) is 1. The van der Waals surface area contributed by atoms with Gasteiger partial charge in [-0.2, -0.15) is 5.26 Å². The molecule has 0 unspecified atom stereocenters. The van der Waals surface area contributed by atoms with Gasteiger partial charge in [-0.25, -0.2) is 4.39 Å². The van der Waals surface area contributed by atoms with Crippen molar-refractivity contribution in [3.05, 3.63) is 29.6 Å². The summed E-state index contributed by atoms with van der Waals surface area (Å²) in [5.74, 6) is 0.498. The minimum Gasteiger partial charge on any atom is -0.367 e. The summed E-state index contributed by atoms with van der Waals surface area (Å²) in [6.45, 7) is 4.07. The van der Waals surface area contributed by atoms with E-state index in [9.17, 15) is 9.65 Å². The van der Waals surface area contributed by atoms with Crippen LogP contribution in [0.5, 0.6) is 0 Å². The molecule has 0 saturated heterocycles. The van der Waals surface area contributed by atoms with E-state index in [1.807, 2.05) is 13.0 Å². The second-order valence-corrected chi connectivity index (χ2v) is 6.07. The molecular formula is C17H23FN2. The summed E-state index contributed by atoms with van der Waals surface area (Å²) in [6.07, 6.45) is 6.33. The highest BCUT2D eigenvalue weighted by Gasteiger charge is 2.35. The van der Waals surface area contributed by atoms with Crippen molar-refractivity contribution in [1.82, 2.24) is 0 Å². The van der Waals surface area contributed by atoms with E-state index in [0.717, 1.165) is 42.9 Å². The van der Waals surface area contributed by atoms with Crippen molar-refractivity contribution in [2.75, 3.05) is 5.32 Å². The van der Waals surface area contributed by atoms with Crippen LogP contribution >= 0.6 is 0 Å². The zero-order valence-electron chi connectivity index (χ0n) is 12.4. The van der Waals surface area contributed by atoms with Crippen LogP contribution in [-0.4, -0.2) is 5.54 Å². The average Bonchev–Trinajstić information content (AvgIpc) is 2.40. The van der Waals surface area contributed by atoms with Gasteiger partial charge in [0.1, 0.15) is 11.4 Å². The Kier molecular flexibility index (Phi) is 4.65. The number of hydrogen-bond acceptors (Lipinski definition) is 2. The molecule has 0 bridgehead atoms. The Hall–Kier alpha value is -1.56. The van der Waals surface area contributed by atoms with Crippen LogP contribution in [0.4, 0.5) is 10.1 Å². The Balaban J connectivity index is 2.08. The lowest BCUT2D eigenvalue weighted by Gasteiger charge is -2.36. The van der Waals surface area contributed by atoms with Crippen LogP contribution in [0, 0.1) is 30.0 Å². The lowest BCUT2D eigenvalue weighted by molar-refractivity contribution is 0.282.